The largest absolute Gasteiger partial charge is 0.416 e. The lowest BCUT2D eigenvalue weighted by atomic mass is 9.88. The van der Waals surface area contributed by atoms with Crippen LogP contribution in [0.15, 0.2) is 54.6 Å². The van der Waals surface area contributed by atoms with E-state index in [0.29, 0.717) is 12.0 Å². The van der Waals surface area contributed by atoms with Gasteiger partial charge in [0.25, 0.3) is 0 Å². The van der Waals surface area contributed by atoms with E-state index in [2.05, 4.69) is 0 Å². The first-order valence-electron chi connectivity index (χ1n) is 6.59. The van der Waals surface area contributed by atoms with Gasteiger partial charge >= 0.3 is 6.18 Å². The lowest BCUT2D eigenvalue weighted by Gasteiger charge is -2.15. The summed E-state index contributed by atoms with van der Waals surface area (Å²) in [5.41, 5.74) is 0.894. The van der Waals surface area contributed by atoms with E-state index in [1.807, 2.05) is 30.3 Å². The summed E-state index contributed by atoms with van der Waals surface area (Å²) in [5.74, 6) is -0.478. The van der Waals surface area contributed by atoms with Gasteiger partial charge in [-0.15, -0.1) is 0 Å². The summed E-state index contributed by atoms with van der Waals surface area (Å²) in [6, 6.07) is 14.3. The fraction of sp³-hybridized carbons (Fsp3) is 0.235. The van der Waals surface area contributed by atoms with Crippen LogP contribution in [-0.2, 0) is 17.4 Å². The molecule has 0 fully saturated rings. The molecular formula is C17H15F3O. The molecule has 0 saturated heterocycles. The molecule has 1 atom stereocenters. The van der Waals surface area contributed by atoms with E-state index in [9.17, 15) is 18.0 Å². The zero-order chi connectivity index (χ0) is 15.5. The summed E-state index contributed by atoms with van der Waals surface area (Å²) >= 11 is 0. The number of Topliss-reactive ketones (excluding diaryl/α,β-unsaturated/α-hetero) is 1. The molecule has 1 unspecified atom stereocenters. The van der Waals surface area contributed by atoms with Gasteiger partial charge in [-0.05, 0) is 36.6 Å². The van der Waals surface area contributed by atoms with Crippen molar-refractivity contribution in [1.82, 2.24) is 0 Å². The second-order valence-electron chi connectivity index (χ2n) is 4.97. The van der Waals surface area contributed by atoms with Gasteiger partial charge < -0.3 is 0 Å². The van der Waals surface area contributed by atoms with Gasteiger partial charge in [-0.3, -0.25) is 4.79 Å². The Balaban J connectivity index is 2.25. The van der Waals surface area contributed by atoms with Crippen molar-refractivity contribution in [2.45, 2.75) is 25.4 Å². The van der Waals surface area contributed by atoms with E-state index in [4.69, 9.17) is 0 Å². The maximum atomic E-state index is 12.6. The zero-order valence-corrected chi connectivity index (χ0v) is 11.5. The number of benzene rings is 2. The van der Waals surface area contributed by atoms with Crippen LogP contribution >= 0.6 is 0 Å². The number of carbonyl (C=O) groups is 1. The number of hydrogen-bond acceptors (Lipinski definition) is 1. The molecule has 0 radical (unpaired) electrons. The molecule has 2 aromatic carbocycles. The van der Waals surface area contributed by atoms with Crippen LogP contribution in [0.25, 0.3) is 0 Å². The average Bonchev–Trinajstić information content (AvgIpc) is 2.45. The standard InChI is InChI=1S/C17H15F3O/c1-12(21)16(11-13-5-3-2-4-6-13)14-7-9-15(10-8-14)17(18,19)20/h2-10,16H,11H2,1H3. The monoisotopic (exact) mass is 292 g/mol. The summed E-state index contributed by atoms with van der Waals surface area (Å²) < 4.78 is 37.7. The third kappa shape index (κ3) is 3.94. The third-order valence-corrected chi connectivity index (χ3v) is 3.41. The molecule has 0 saturated carbocycles. The minimum absolute atomic E-state index is 0.0568. The van der Waals surface area contributed by atoms with Crippen LogP contribution in [0.3, 0.4) is 0 Å². The summed E-state index contributed by atoms with van der Waals surface area (Å²) in [4.78, 5) is 11.8. The minimum atomic E-state index is -4.36. The molecule has 0 heterocycles. The molecule has 110 valence electrons. The Morgan fingerprint density at radius 1 is 1.00 bits per heavy atom. The Bertz CT molecular complexity index is 600. The number of halogens is 3. The molecule has 21 heavy (non-hydrogen) atoms. The quantitative estimate of drug-likeness (QED) is 0.803. The van der Waals surface area contributed by atoms with Crippen molar-refractivity contribution in [2.75, 3.05) is 0 Å². The summed E-state index contributed by atoms with van der Waals surface area (Å²) in [6.07, 6.45) is -3.87. The number of rotatable bonds is 4. The third-order valence-electron chi connectivity index (χ3n) is 3.41. The topological polar surface area (TPSA) is 17.1 Å². The van der Waals surface area contributed by atoms with Gasteiger partial charge in [0.15, 0.2) is 0 Å². The van der Waals surface area contributed by atoms with Crippen molar-refractivity contribution in [2.24, 2.45) is 0 Å². The van der Waals surface area contributed by atoms with Crippen molar-refractivity contribution in [3.8, 4) is 0 Å². The van der Waals surface area contributed by atoms with Crippen LogP contribution in [0.1, 0.15) is 29.5 Å². The molecule has 0 spiro atoms. The van der Waals surface area contributed by atoms with E-state index in [1.165, 1.54) is 19.1 Å². The predicted molar refractivity (Wildman–Crippen MR) is 75.0 cm³/mol. The van der Waals surface area contributed by atoms with E-state index >= 15 is 0 Å². The van der Waals surface area contributed by atoms with Gasteiger partial charge in [0.1, 0.15) is 5.78 Å². The molecule has 0 bridgehead atoms. The molecule has 0 aliphatic rings. The molecule has 2 aromatic rings. The highest BCUT2D eigenvalue weighted by molar-refractivity contribution is 5.83. The van der Waals surface area contributed by atoms with Gasteiger partial charge in [-0.1, -0.05) is 42.5 Å². The van der Waals surface area contributed by atoms with E-state index in [0.717, 1.165) is 17.7 Å². The van der Waals surface area contributed by atoms with E-state index < -0.39 is 17.7 Å². The maximum absolute atomic E-state index is 12.6. The Morgan fingerprint density at radius 3 is 2.05 bits per heavy atom. The highest BCUT2D eigenvalue weighted by atomic mass is 19.4. The van der Waals surface area contributed by atoms with Crippen molar-refractivity contribution < 1.29 is 18.0 Å². The molecule has 0 aromatic heterocycles. The van der Waals surface area contributed by atoms with Crippen LogP contribution in [0, 0.1) is 0 Å². The van der Waals surface area contributed by atoms with Gasteiger partial charge in [-0.25, -0.2) is 0 Å². The lowest BCUT2D eigenvalue weighted by Crippen LogP contribution is -2.13. The normalized spacial score (nSPS) is 13.0. The highest BCUT2D eigenvalue weighted by Crippen LogP contribution is 2.31. The first kappa shape index (κ1) is 15.3. The molecule has 0 N–H and O–H groups in total. The second-order valence-corrected chi connectivity index (χ2v) is 4.97. The van der Waals surface area contributed by atoms with Crippen LogP contribution < -0.4 is 0 Å². The number of carbonyl (C=O) groups excluding carboxylic acids is 1. The van der Waals surface area contributed by atoms with Crippen LogP contribution in [0.5, 0.6) is 0 Å². The molecule has 2 rings (SSSR count). The molecule has 0 aliphatic carbocycles. The average molecular weight is 292 g/mol. The Hall–Kier alpha value is -2.10. The van der Waals surface area contributed by atoms with E-state index in [1.54, 1.807) is 0 Å². The zero-order valence-electron chi connectivity index (χ0n) is 11.5. The van der Waals surface area contributed by atoms with Crippen molar-refractivity contribution >= 4 is 5.78 Å². The van der Waals surface area contributed by atoms with Crippen LogP contribution in [-0.4, -0.2) is 5.78 Å². The number of alkyl halides is 3. The Kier molecular flexibility index (Phi) is 4.46. The van der Waals surface area contributed by atoms with Crippen LogP contribution in [0.2, 0.25) is 0 Å². The fourth-order valence-electron chi connectivity index (χ4n) is 2.25. The maximum Gasteiger partial charge on any atom is 0.416 e. The molecule has 1 nitrogen and oxygen atoms in total. The van der Waals surface area contributed by atoms with Gasteiger partial charge in [0.2, 0.25) is 0 Å². The molecule has 4 heteroatoms. The van der Waals surface area contributed by atoms with Crippen molar-refractivity contribution in [3.05, 3.63) is 71.3 Å². The summed E-state index contributed by atoms with van der Waals surface area (Å²) in [7, 11) is 0. The van der Waals surface area contributed by atoms with E-state index in [-0.39, 0.29) is 5.78 Å². The smallest absolute Gasteiger partial charge is 0.299 e. The lowest BCUT2D eigenvalue weighted by molar-refractivity contribution is -0.137. The first-order valence-corrected chi connectivity index (χ1v) is 6.59. The van der Waals surface area contributed by atoms with Gasteiger partial charge in [-0.2, -0.15) is 13.2 Å². The highest BCUT2D eigenvalue weighted by Gasteiger charge is 2.30. The Labute approximate surface area is 121 Å². The van der Waals surface area contributed by atoms with Crippen LogP contribution in [0.4, 0.5) is 13.2 Å². The van der Waals surface area contributed by atoms with Gasteiger partial charge in [0.05, 0.1) is 5.56 Å². The molecular weight excluding hydrogens is 277 g/mol. The SMILES string of the molecule is CC(=O)C(Cc1ccccc1)c1ccc(C(F)(F)F)cc1. The number of hydrogen-bond donors (Lipinski definition) is 0. The summed E-state index contributed by atoms with van der Waals surface area (Å²) in [5, 5.41) is 0. The summed E-state index contributed by atoms with van der Waals surface area (Å²) in [6.45, 7) is 1.46. The van der Waals surface area contributed by atoms with Crippen molar-refractivity contribution in [1.29, 1.82) is 0 Å². The van der Waals surface area contributed by atoms with Crippen molar-refractivity contribution in [3.63, 3.8) is 0 Å². The first-order chi connectivity index (χ1) is 9.88. The molecule has 0 aliphatic heterocycles. The Morgan fingerprint density at radius 2 is 1.57 bits per heavy atom. The van der Waals surface area contributed by atoms with Gasteiger partial charge in [0, 0.05) is 5.92 Å². The number of ketones is 1. The second kappa shape index (κ2) is 6.12. The predicted octanol–water partition coefficient (Wildman–Crippen LogP) is 4.62. The minimum Gasteiger partial charge on any atom is -0.299 e. The molecule has 0 amide bonds. The fourth-order valence-corrected chi connectivity index (χ4v) is 2.25.